The summed E-state index contributed by atoms with van der Waals surface area (Å²) in [6.07, 6.45) is 0.307. The summed E-state index contributed by atoms with van der Waals surface area (Å²) in [4.78, 5) is 22.1. The summed E-state index contributed by atoms with van der Waals surface area (Å²) in [5.74, 6) is -1.34. The van der Waals surface area contributed by atoms with Gasteiger partial charge in [0.25, 0.3) is 0 Å². The van der Waals surface area contributed by atoms with Gasteiger partial charge in [-0.15, -0.1) is 0 Å². The van der Waals surface area contributed by atoms with Gasteiger partial charge < -0.3 is 5.11 Å². The van der Waals surface area contributed by atoms with E-state index in [1.54, 1.807) is 17.5 Å². The van der Waals surface area contributed by atoms with Gasteiger partial charge in [0.05, 0.1) is 5.69 Å². The van der Waals surface area contributed by atoms with Crippen molar-refractivity contribution >= 4 is 33.2 Å². The van der Waals surface area contributed by atoms with Crippen LogP contribution in [0.15, 0.2) is 32.8 Å². The SMILES string of the molecule is O=C(O)CCCn1c(-c2ccc(Br)cc2F)csc1=O. The average Bonchev–Trinajstić information content (AvgIpc) is 2.71. The molecular formula is C13H11BrFNO3S. The molecule has 0 unspecified atom stereocenters. The molecule has 2 rings (SSSR count). The molecule has 0 amide bonds. The number of carbonyl (C=O) groups is 1. The minimum Gasteiger partial charge on any atom is -0.481 e. The molecule has 0 radical (unpaired) electrons. The smallest absolute Gasteiger partial charge is 0.307 e. The normalized spacial score (nSPS) is 10.7. The van der Waals surface area contributed by atoms with Gasteiger partial charge in [0.1, 0.15) is 5.82 Å². The van der Waals surface area contributed by atoms with E-state index in [1.165, 1.54) is 10.6 Å². The van der Waals surface area contributed by atoms with E-state index < -0.39 is 11.8 Å². The van der Waals surface area contributed by atoms with Crippen LogP contribution >= 0.6 is 27.3 Å². The molecule has 20 heavy (non-hydrogen) atoms. The van der Waals surface area contributed by atoms with E-state index in [0.717, 1.165) is 11.3 Å². The van der Waals surface area contributed by atoms with Crippen molar-refractivity contribution in [3.8, 4) is 11.3 Å². The molecule has 2 aromatic rings. The van der Waals surface area contributed by atoms with Crippen molar-refractivity contribution < 1.29 is 14.3 Å². The quantitative estimate of drug-likeness (QED) is 0.890. The lowest BCUT2D eigenvalue weighted by Crippen LogP contribution is -2.15. The molecule has 0 saturated carbocycles. The van der Waals surface area contributed by atoms with Crippen molar-refractivity contribution in [2.75, 3.05) is 0 Å². The van der Waals surface area contributed by atoms with Crippen molar-refractivity contribution in [3.63, 3.8) is 0 Å². The number of rotatable bonds is 5. The van der Waals surface area contributed by atoms with Crippen molar-refractivity contribution in [2.45, 2.75) is 19.4 Å². The molecule has 106 valence electrons. The molecule has 0 aliphatic carbocycles. The number of benzene rings is 1. The zero-order chi connectivity index (χ0) is 14.7. The fourth-order valence-electron chi connectivity index (χ4n) is 1.84. The molecule has 7 heteroatoms. The van der Waals surface area contributed by atoms with Crippen LogP contribution in [-0.4, -0.2) is 15.6 Å². The third-order valence-corrected chi connectivity index (χ3v) is 4.02. The summed E-state index contributed by atoms with van der Waals surface area (Å²) >= 11 is 4.16. The average molecular weight is 360 g/mol. The molecule has 0 saturated heterocycles. The van der Waals surface area contributed by atoms with Gasteiger partial charge in [-0.25, -0.2) is 4.39 Å². The van der Waals surface area contributed by atoms with Crippen LogP contribution in [0.1, 0.15) is 12.8 Å². The molecule has 1 aromatic carbocycles. The van der Waals surface area contributed by atoms with Gasteiger partial charge in [-0.2, -0.15) is 0 Å². The monoisotopic (exact) mass is 359 g/mol. The fourth-order valence-corrected chi connectivity index (χ4v) is 2.95. The van der Waals surface area contributed by atoms with Crippen LogP contribution in [0.3, 0.4) is 0 Å². The summed E-state index contributed by atoms with van der Waals surface area (Å²) < 4.78 is 16.0. The number of hydrogen-bond donors (Lipinski definition) is 1. The molecule has 0 fully saturated rings. The van der Waals surface area contributed by atoms with Gasteiger partial charge >= 0.3 is 10.8 Å². The lowest BCUT2D eigenvalue weighted by molar-refractivity contribution is -0.137. The molecule has 0 atom stereocenters. The van der Waals surface area contributed by atoms with E-state index in [4.69, 9.17) is 5.11 Å². The van der Waals surface area contributed by atoms with E-state index in [0.29, 0.717) is 22.2 Å². The number of carboxylic acid groups (broad SMARTS) is 1. The molecule has 0 aliphatic rings. The highest BCUT2D eigenvalue weighted by molar-refractivity contribution is 9.10. The number of nitrogens with zero attached hydrogens (tertiary/aromatic N) is 1. The summed E-state index contributed by atoms with van der Waals surface area (Å²) in [6.45, 7) is 0.263. The molecule has 4 nitrogen and oxygen atoms in total. The topological polar surface area (TPSA) is 59.3 Å². The molecule has 1 aromatic heterocycles. The Balaban J connectivity index is 2.33. The first-order chi connectivity index (χ1) is 9.49. The molecular weight excluding hydrogens is 349 g/mol. The zero-order valence-corrected chi connectivity index (χ0v) is 12.7. The van der Waals surface area contributed by atoms with Gasteiger partial charge in [-0.3, -0.25) is 14.2 Å². The van der Waals surface area contributed by atoms with Crippen molar-refractivity contribution in [2.24, 2.45) is 0 Å². The van der Waals surface area contributed by atoms with Gasteiger partial charge in [0.15, 0.2) is 0 Å². The Kier molecular flexibility index (Phi) is 4.72. The van der Waals surface area contributed by atoms with Gasteiger partial charge in [-0.05, 0) is 24.6 Å². The maximum Gasteiger partial charge on any atom is 0.307 e. The van der Waals surface area contributed by atoms with Gasteiger partial charge in [0.2, 0.25) is 0 Å². The van der Waals surface area contributed by atoms with E-state index in [9.17, 15) is 14.0 Å². The standard InChI is InChI=1S/C13H11BrFNO3S/c14-8-3-4-9(10(15)6-8)11-7-20-13(19)16(11)5-1-2-12(17)18/h3-4,6-7H,1-2,5H2,(H,17,18). The van der Waals surface area contributed by atoms with Crippen molar-refractivity contribution in [3.05, 3.63) is 43.5 Å². The minimum atomic E-state index is -0.912. The van der Waals surface area contributed by atoms with Crippen molar-refractivity contribution in [1.82, 2.24) is 4.57 Å². The lowest BCUT2D eigenvalue weighted by Gasteiger charge is -2.08. The first-order valence-electron chi connectivity index (χ1n) is 5.84. The van der Waals surface area contributed by atoms with Crippen LogP contribution in [0, 0.1) is 5.82 Å². The molecule has 1 heterocycles. The van der Waals surface area contributed by atoms with Crippen molar-refractivity contribution in [1.29, 1.82) is 0 Å². The van der Waals surface area contributed by atoms with Crippen LogP contribution in [0.4, 0.5) is 4.39 Å². The Hall–Kier alpha value is -1.47. The van der Waals surface area contributed by atoms with Crippen LogP contribution in [-0.2, 0) is 11.3 Å². The summed E-state index contributed by atoms with van der Waals surface area (Å²) in [7, 11) is 0. The first kappa shape index (κ1) is 14.9. The Bertz CT molecular complexity index is 695. The highest BCUT2D eigenvalue weighted by Crippen LogP contribution is 2.26. The summed E-state index contributed by atoms with van der Waals surface area (Å²) in [6, 6.07) is 4.62. The number of halogens is 2. The van der Waals surface area contributed by atoms with Gasteiger partial charge in [-0.1, -0.05) is 27.3 Å². The molecule has 0 bridgehead atoms. The predicted octanol–water partition coefficient (Wildman–Crippen LogP) is 3.34. The Morgan fingerprint density at radius 3 is 2.85 bits per heavy atom. The largest absolute Gasteiger partial charge is 0.481 e. The lowest BCUT2D eigenvalue weighted by atomic mass is 10.1. The number of aromatic nitrogens is 1. The van der Waals surface area contributed by atoms with Crippen LogP contribution in [0.5, 0.6) is 0 Å². The summed E-state index contributed by atoms with van der Waals surface area (Å²) in [5, 5.41) is 10.2. The van der Waals surface area contributed by atoms with E-state index in [1.807, 2.05) is 0 Å². The molecule has 0 spiro atoms. The summed E-state index contributed by atoms with van der Waals surface area (Å²) in [5.41, 5.74) is 0.817. The first-order valence-corrected chi connectivity index (χ1v) is 7.52. The Morgan fingerprint density at radius 1 is 1.45 bits per heavy atom. The molecule has 1 N–H and O–H groups in total. The van der Waals surface area contributed by atoms with Crippen LogP contribution in [0.25, 0.3) is 11.3 Å². The van der Waals surface area contributed by atoms with E-state index in [2.05, 4.69) is 15.9 Å². The highest BCUT2D eigenvalue weighted by Gasteiger charge is 2.13. The maximum absolute atomic E-state index is 13.9. The zero-order valence-electron chi connectivity index (χ0n) is 10.3. The van der Waals surface area contributed by atoms with Gasteiger partial charge in [0, 0.05) is 28.4 Å². The van der Waals surface area contributed by atoms with Crippen LogP contribution < -0.4 is 4.87 Å². The minimum absolute atomic E-state index is 0.0233. The highest BCUT2D eigenvalue weighted by atomic mass is 79.9. The van der Waals surface area contributed by atoms with E-state index >= 15 is 0 Å². The molecule has 0 aliphatic heterocycles. The Labute approximate surface area is 126 Å². The number of thiazole rings is 1. The second-order valence-corrected chi connectivity index (χ2v) is 5.90. The third kappa shape index (κ3) is 3.34. The maximum atomic E-state index is 13.9. The third-order valence-electron chi connectivity index (χ3n) is 2.76. The second kappa shape index (κ2) is 6.32. The fraction of sp³-hybridized carbons (Fsp3) is 0.231. The predicted molar refractivity (Wildman–Crippen MR) is 78.5 cm³/mol. The number of carboxylic acids is 1. The van der Waals surface area contributed by atoms with Crippen LogP contribution in [0.2, 0.25) is 0 Å². The number of hydrogen-bond acceptors (Lipinski definition) is 3. The number of aliphatic carboxylic acids is 1. The second-order valence-electron chi connectivity index (χ2n) is 4.16. The Morgan fingerprint density at radius 2 is 2.20 bits per heavy atom. The van der Waals surface area contributed by atoms with E-state index in [-0.39, 0.29) is 17.8 Å².